The van der Waals surface area contributed by atoms with Crippen LogP contribution < -0.4 is 4.31 Å². The highest BCUT2D eigenvalue weighted by Gasteiger charge is 2.22. The van der Waals surface area contributed by atoms with Crippen molar-refractivity contribution >= 4 is 21.6 Å². The molecule has 1 amide bonds. The fraction of sp³-hybridized carbons (Fsp3) is 0.533. The van der Waals surface area contributed by atoms with Gasteiger partial charge in [0.1, 0.15) is 0 Å². The Kier molecular flexibility index (Phi) is 4.56. The van der Waals surface area contributed by atoms with E-state index in [0.717, 1.165) is 25.8 Å². The summed E-state index contributed by atoms with van der Waals surface area (Å²) in [4.78, 5) is 14.3. The van der Waals surface area contributed by atoms with Gasteiger partial charge in [-0.05, 0) is 43.0 Å². The molecule has 5 nitrogen and oxygen atoms in total. The van der Waals surface area contributed by atoms with E-state index in [1.165, 1.54) is 17.8 Å². The molecule has 1 atom stereocenters. The number of hydrogen-bond donors (Lipinski definition) is 0. The number of carbonyl (C=O) groups excluding carboxylic acids is 1. The van der Waals surface area contributed by atoms with Gasteiger partial charge in [-0.25, -0.2) is 8.42 Å². The monoisotopic (exact) mass is 310 g/mol. The van der Waals surface area contributed by atoms with Crippen molar-refractivity contribution in [1.29, 1.82) is 0 Å². The van der Waals surface area contributed by atoms with Crippen molar-refractivity contribution in [3.05, 3.63) is 29.8 Å². The van der Waals surface area contributed by atoms with E-state index in [9.17, 15) is 13.2 Å². The van der Waals surface area contributed by atoms with E-state index in [1.54, 1.807) is 24.3 Å². The van der Waals surface area contributed by atoms with E-state index >= 15 is 0 Å². The summed E-state index contributed by atoms with van der Waals surface area (Å²) in [6.07, 6.45) is 3.37. The first kappa shape index (κ1) is 15.8. The Labute approximate surface area is 126 Å². The normalized spacial score (nSPS) is 19.4. The van der Waals surface area contributed by atoms with Gasteiger partial charge in [-0.15, -0.1) is 0 Å². The number of sulfonamides is 1. The van der Waals surface area contributed by atoms with Crippen LogP contribution in [0.2, 0.25) is 0 Å². The zero-order valence-electron chi connectivity index (χ0n) is 12.7. The van der Waals surface area contributed by atoms with Gasteiger partial charge in [0.05, 0.1) is 11.9 Å². The van der Waals surface area contributed by atoms with Crippen molar-refractivity contribution in [1.82, 2.24) is 4.90 Å². The molecule has 116 valence electrons. The van der Waals surface area contributed by atoms with Crippen LogP contribution in [0.1, 0.15) is 30.1 Å². The van der Waals surface area contributed by atoms with E-state index in [-0.39, 0.29) is 5.91 Å². The number of carbonyl (C=O) groups is 1. The predicted molar refractivity (Wildman–Crippen MR) is 84.0 cm³/mol. The Morgan fingerprint density at radius 3 is 2.43 bits per heavy atom. The first-order valence-electron chi connectivity index (χ1n) is 7.12. The van der Waals surface area contributed by atoms with Gasteiger partial charge in [-0.1, -0.05) is 6.92 Å². The third kappa shape index (κ3) is 3.75. The summed E-state index contributed by atoms with van der Waals surface area (Å²) in [5, 5.41) is 0. The fourth-order valence-electron chi connectivity index (χ4n) is 2.56. The number of rotatable bonds is 3. The molecule has 0 unspecified atom stereocenters. The molecule has 1 aliphatic heterocycles. The number of nitrogens with zero attached hydrogens (tertiary/aromatic N) is 2. The molecular weight excluding hydrogens is 288 g/mol. The number of benzene rings is 1. The smallest absolute Gasteiger partial charge is 0.253 e. The van der Waals surface area contributed by atoms with E-state index in [2.05, 4.69) is 6.92 Å². The van der Waals surface area contributed by atoms with E-state index in [1.807, 2.05) is 4.90 Å². The van der Waals surface area contributed by atoms with Crippen LogP contribution >= 0.6 is 0 Å². The maximum atomic E-state index is 12.4. The number of likely N-dealkylation sites (tertiary alicyclic amines) is 1. The van der Waals surface area contributed by atoms with E-state index in [0.29, 0.717) is 17.2 Å². The summed E-state index contributed by atoms with van der Waals surface area (Å²) in [5.74, 6) is 0.563. The topological polar surface area (TPSA) is 57.7 Å². The van der Waals surface area contributed by atoms with Gasteiger partial charge < -0.3 is 4.90 Å². The van der Waals surface area contributed by atoms with Crippen molar-refractivity contribution in [2.45, 2.75) is 19.8 Å². The Bertz CT molecular complexity index is 610. The highest BCUT2D eigenvalue weighted by Crippen LogP contribution is 2.20. The number of piperidine rings is 1. The summed E-state index contributed by atoms with van der Waals surface area (Å²) >= 11 is 0. The molecule has 6 heteroatoms. The quantitative estimate of drug-likeness (QED) is 0.857. The van der Waals surface area contributed by atoms with Crippen molar-refractivity contribution in [3.63, 3.8) is 0 Å². The fourth-order valence-corrected chi connectivity index (χ4v) is 3.07. The average molecular weight is 310 g/mol. The second kappa shape index (κ2) is 6.05. The number of amides is 1. The van der Waals surface area contributed by atoms with Crippen LogP contribution in [0.3, 0.4) is 0 Å². The molecule has 21 heavy (non-hydrogen) atoms. The molecule has 1 fully saturated rings. The Balaban J connectivity index is 2.13. The molecular formula is C15H22N2O3S. The minimum absolute atomic E-state index is 0.0232. The maximum absolute atomic E-state index is 12.4. The first-order chi connectivity index (χ1) is 9.79. The van der Waals surface area contributed by atoms with Crippen LogP contribution in [0.4, 0.5) is 5.69 Å². The van der Waals surface area contributed by atoms with Gasteiger partial charge in [0, 0.05) is 25.7 Å². The Morgan fingerprint density at radius 1 is 1.29 bits per heavy atom. The molecule has 0 spiro atoms. The highest BCUT2D eigenvalue weighted by atomic mass is 32.2. The molecule has 1 saturated heterocycles. The molecule has 2 rings (SSSR count). The van der Waals surface area contributed by atoms with E-state index in [4.69, 9.17) is 0 Å². The maximum Gasteiger partial charge on any atom is 0.253 e. The molecule has 0 aliphatic carbocycles. The van der Waals surface area contributed by atoms with Gasteiger partial charge in [-0.3, -0.25) is 9.10 Å². The third-order valence-corrected chi connectivity index (χ3v) is 5.13. The molecule has 0 bridgehead atoms. The minimum atomic E-state index is -3.28. The SMILES string of the molecule is C[C@@H]1CCCN(C(=O)c2ccc(N(C)S(C)(=O)=O)cc2)C1. The molecule has 0 radical (unpaired) electrons. The van der Waals surface area contributed by atoms with Gasteiger partial charge >= 0.3 is 0 Å². The van der Waals surface area contributed by atoms with Crippen LogP contribution in [0.15, 0.2) is 24.3 Å². The Hall–Kier alpha value is -1.56. The summed E-state index contributed by atoms with van der Waals surface area (Å²) in [7, 11) is -1.78. The van der Waals surface area contributed by atoms with Gasteiger partial charge in [0.2, 0.25) is 10.0 Å². The zero-order chi connectivity index (χ0) is 15.6. The molecule has 1 aromatic carbocycles. The second-order valence-corrected chi connectivity index (χ2v) is 7.79. The molecule has 1 heterocycles. The zero-order valence-corrected chi connectivity index (χ0v) is 13.6. The summed E-state index contributed by atoms with van der Waals surface area (Å²) in [6, 6.07) is 6.72. The lowest BCUT2D eigenvalue weighted by Crippen LogP contribution is -2.39. The van der Waals surface area contributed by atoms with Gasteiger partial charge in [0.25, 0.3) is 5.91 Å². The predicted octanol–water partition coefficient (Wildman–Crippen LogP) is 1.95. The van der Waals surface area contributed by atoms with Crippen LogP contribution in [-0.4, -0.2) is 45.6 Å². The Morgan fingerprint density at radius 2 is 1.90 bits per heavy atom. The van der Waals surface area contributed by atoms with Crippen molar-refractivity contribution in [2.24, 2.45) is 5.92 Å². The van der Waals surface area contributed by atoms with Crippen molar-refractivity contribution < 1.29 is 13.2 Å². The molecule has 1 aromatic rings. The van der Waals surface area contributed by atoms with Crippen LogP contribution in [-0.2, 0) is 10.0 Å². The third-order valence-electron chi connectivity index (χ3n) is 3.92. The van der Waals surface area contributed by atoms with Crippen LogP contribution in [0.25, 0.3) is 0 Å². The second-order valence-electron chi connectivity index (χ2n) is 5.78. The lowest BCUT2D eigenvalue weighted by atomic mass is 9.99. The molecule has 0 aromatic heterocycles. The van der Waals surface area contributed by atoms with Crippen molar-refractivity contribution in [3.8, 4) is 0 Å². The van der Waals surface area contributed by atoms with Crippen LogP contribution in [0.5, 0.6) is 0 Å². The van der Waals surface area contributed by atoms with E-state index < -0.39 is 10.0 Å². The number of hydrogen-bond acceptors (Lipinski definition) is 3. The van der Waals surface area contributed by atoms with Gasteiger partial charge in [-0.2, -0.15) is 0 Å². The summed E-state index contributed by atoms with van der Waals surface area (Å²) in [6.45, 7) is 3.75. The minimum Gasteiger partial charge on any atom is -0.338 e. The largest absolute Gasteiger partial charge is 0.338 e. The van der Waals surface area contributed by atoms with Gasteiger partial charge in [0.15, 0.2) is 0 Å². The number of anilines is 1. The van der Waals surface area contributed by atoms with Crippen molar-refractivity contribution in [2.75, 3.05) is 30.7 Å². The lowest BCUT2D eigenvalue weighted by molar-refractivity contribution is 0.0683. The molecule has 0 N–H and O–H groups in total. The average Bonchev–Trinajstić information content (AvgIpc) is 2.45. The molecule has 0 saturated carbocycles. The lowest BCUT2D eigenvalue weighted by Gasteiger charge is -2.31. The molecule has 1 aliphatic rings. The highest BCUT2D eigenvalue weighted by molar-refractivity contribution is 7.92. The van der Waals surface area contributed by atoms with Crippen LogP contribution in [0, 0.1) is 5.92 Å². The first-order valence-corrected chi connectivity index (χ1v) is 8.97. The standard InChI is InChI=1S/C15H22N2O3S/c1-12-5-4-10-17(11-12)15(18)13-6-8-14(9-7-13)16(2)21(3,19)20/h6-9,12H,4-5,10-11H2,1-3H3/t12-/m1/s1. The summed E-state index contributed by atoms with van der Waals surface area (Å²) in [5.41, 5.74) is 1.16. The summed E-state index contributed by atoms with van der Waals surface area (Å²) < 4.78 is 24.2.